The zero-order chi connectivity index (χ0) is 18.7. The van der Waals surface area contributed by atoms with E-state index in [9.17, 15) is 4.79 Å². The van der Waals surface area contributed by atoms with E-state index >= 15 is 0 Å². The Labute approximate surface area is 149 Å². The number of hydrogen-bond acceptors (Lipinski definition) is 4. The summed E-state index contributed by atoms with van der Waals surface area (Å²) in [6.07, 6.45) is 3.91. The summed E-state index contributed by atoms with van der Waals surface area (Å²) in [7, 11) is 0. The lowest BCUT2D eigenvalue weighted by Crippen LogP contribution is -2.46. The summed E-state index contributed by atoms with van der Waals surface area (Å²) in [5.41, 5.74) is 2.10. The normalized spacial score (nSPS) is 12.1. The average molecular weight is 344 g/mol. The molecule has 0 bridgehead atoms. The van der Waals surface area contributed by atoms with Crippen LogP contribution >= 0.6 is 0 Å². The molecule has 2 aromatic heterocycles. The van der Waals surface area contributed by atoms with Crippen molar-refractivity contribution in [3.63, 3.8) is 0 Å². The molecule has 0 saturated heterocycles. The molecule has 6 nitrogen and oxygen atoms in total. The molecule has 25 heavy (non-hydrogen) atoms. The minimum absolute atomic E-state index is 0.401. The van der Waals surface area contributed by atoms with Crippen LogP contribution in [0.15, 0.2) is 30.6 Å². The SMILES string of the molecule is Cc1cc(-c2cccnc2)n(CCC(C)(C)NC(=O)OC(C)(C)C)n1. The summed E-state index contributed by atoms with van der Waals surface area (Å²) in [6.45, 7) is 12.2. The first-order valence-corrected chi connectivity index (χ1v) is 8.52. The lowest BCUT2D eigenvalue weighted by Gasteiger charge is -2.28. The molecule has 2 heterocycles. The molecule has 0 aliphatic carbocycles. The third kappa shape index (κ3) is 5.89. The first kappa shape index (κ1) is 19.0. The maximum Gasteiger partial charge on any atom is 0.408 e. The molecule has 6 heteroatoms. The van der Waals surface area contributed by atoms with Crippen molar-refractivity contribution in [2.75, 3.05) is 0 Å². The van der Waals surface area contributed by atoms with Crippen LogP contribution in [-0.4, -0.2) is 32.0 Å². The van der Waals surface area contributed by atoms with Crippen molar-refractivity contribution in [3.8, 4) is 11.3 Å². The molecule has 2 aromatic rings. The number of ether oxygens (including phenoxy) is 1. The van der Waals surface area contributed by atoms with Crippen molar-refractivity contribution >= 4 is 6.09 Å². The van der Waals surface area contributed by atoms with Gasteiger partial charge < -0.3 is 10.1 Å². The zero-order valence-corrected chi connectivity index (χ0v) is 16.0. The number of rotatable bonds is 5. The van der Waals surface area contributed by atoms with Crippen molar-refractivity contribution in [2.24, 2.45) is 0 Å². The quantitative estimate of drug-likeness (QED) is 0.892. The molecule has 0 aliphatic rings. The number of nitrogens with one attached hydrogen (secondary N) is 1. The van der Waals surface area contributed by atoms with Crippen LogP contribution in [0, 0.1) is 6.92 Å². The first-order valence-electron chi connectivity index (χ1n) is 8.52. The van der Waals surface area contributed by atoms with E-state index in [-0.39, 0.29) is 0 Å². The van der Waals surface area contributed by atoms with E-state index in [0.717, 1.165) is 23.4 Å². The Morgan fingerprint density at radius 3 is 2.60 bits per heavy atom. The molecule has 0 aliphatic heterocycles. The highest BCUT2D eigenvalue weighted by Crippen LogP contribution is 2.21. The number of aromatic nitrogens is 3. The van der Waals surface area contributed by atoms with Gasteiger partial charge in [0.2, 0.25) is 0 Å². The number of nitrogens with zero attached hydrogens (tertiary/aromatic N) is 3. The van der Waals surface area contributed by atoms with Gasteiger partial charge in [0.1, 0.15) is 5.60 Å². The van der Waals surface area contributed by atoms with Crippen LogP contribution in [0.2, 0.25) is 0 Å². The molecule has 136 valence electrons. The van der Waals surface area contributed by atoms with E-state index in [1.54, 1.807) is 6.20 Å². The number of alkyl carbamates (subject to hydrolysis) is 1. The first-order chi connectivity index (χ1) is 11.6. The molecule has 0 aromatic carbocycles. The number of aryl methyl sites for hydroxylation is 2. The van der Waals surface area contributed by atoms with Crippen molar-refractivity contribution in [1.29, 1.82) is 0 Å². The Bertz CT molecular complexity index is 715. The van der Waals surface area contributed by atoms with Gasteiger partial charge in [-0.3, -0.25) is 9.67 Å². The van der Waals surface area contributed by atoms with Gasteiger partial charge in [-0.15, -0.1) is 0 Å². The highest BCUT2D eigenvalue weighted by atomic mass is 16.6. The molecular formula is C19H28N4O2. The fourth-order valence-electron chi connectivity index (χ4n) is 2.49. The Morgan fingerprint density at radius 2 is 2.00 bits per heavy atom. The van der Waals surface area contributed by atoms with E-state index in [0.29, 0.717) is 6.54 Å². The molecule has 0 saturated carbocycles. The van der Waals surface area contributed by atoms with Crippen molar-refractivity contribution in [1.82, 2.24) is 20.1 Å². The third-order valence-electron chi connectivity index (χ3n) is 3.65. The molecule has 0 unspecified atom stereocenters. The Balaban J connectivity index is 2.04. The fraction of sp³-hybridized carbons (Fsp3) is 0.526. The van der Waals surface area contributed by atoms with Gasteiger partial charge in [-0.05, 0) is 66.2 Å². The Hall–Kier alpha value is -2.37. The monoisotopic (exact) mass is 344 g/mol. The smallest absolute Gasteiger partial charge is 0.408 e. The van der Waals surface area contributed by atoms with E-state index in [4.69, 9.17) is 4.74 Å². The van der Waals surface area contributed by atoms with Gasteiger partial charge >= 0.3 is 6.09 Å². The maximum atomic E-state index is 12.0. The fourth-order valence-corrected chi connectivity index (χ4v) is 2.49. The van der Waals surface area contributed by atoms with Crippen molar-refractivity contribution in [2.45, 2.75) is 65.6 Å². The maximum absolute atomic E-state index is 12.0. The summed E-state index contributed by atoms with van der Waals surface area (Å²) in [6, 6.07) is 5.98. The Kier molecular flexibility index (Phi) is 5.50. The summed E-state index contributed by atoms with van der Waals surface area (Å²) < 4.78 is 7.31. The Morgan fingerprint density at radius 1 is 1.28 bits per heavy atom. The van der Waals surface area contributed by atoms with Crippen LogP contribution in [0.1, 0.15) is 46.7 Å². The van der Waals surface area contributed by atoms with Crippen LogP contribution in [0.3, 0.4) is 0 Å². The second-order valence-electron chi connectivity index (χ2n) is 7.90. The third-order valence-corrected chi connectivity index (χ3v) is 3.65. The molecule has 0 fully saturated rings. The predicted molar refractivity (Wildman–Crippen MR) is 98.3 cm³/mol. The van der Waals surface area contributed by atoms with Gasteiger partial charge in [-0.25, -0.2) is 4.79 Å². The van der Waals surface area contributed by atoms with Gasteiger partial charge in [0, 0.05) is 30.0 Å². The summed E-state index contributed by atoms with van der Waals surface area (Å²) in [4.78, 5) is 16.2. The highest BCUT2D eigenvalue weighted by Gasteiger charge is 2.25. The minimum atomic E-state index is -0.507. The lowest BCUT2D eigenvalue weighted by atomic mass is 10.0. The number of carbonyl (C=O) groups is 1. The van der Waals surface area contributed by atoms with Crippen LogP contribution in [-0.2, 0) is 11.3 Å². The zero-order valence-electron chi connectivity index (χ0n) is 16.0. The van der Waals surface area contributed by atoms with Gasteiger partial charge in [-0.1, -0.05) is 0 Å². The van der Waals surface area contributed by atoms with E-state index in [1.165, 1.54) is 0 Å². The highest BCUT2D eigenvalue weighted by molar-refractivity contribution is 5.68. The number of amides is 1. The number of pyridine rings is 1. The minimum Gasteiger partial charge on any atom is -0.444 e. The van der Waals surface area contributed by atoms with E-state index < -0.39 is 17.2 Å². The van der Waals surface area contributed by atoms with Gasteiger partial charge in [0.25, 0.3) is 0 Å². The van der Waals surface area contributed by atoms with Gasteiger partial charge in [0.15, 0.2) is 0 Å². The largest absolute Gasteiger partial charge is 0.444 e. The summed E-state index contributed by atoms with van der Waals surface area (Å²) >= 11 is 0. The molecule has 2 rings (SSSR count). The summed E-state index contributed by atoms with van der Waals surface area (Å²) in [5.74, 6) is 0. The molecule has 0 atom stereocenters. The van der Waals surface area contributed by atoms with Crippen molar-refractivity contribution in [3.05, 3.63) is 36.3 Å². The van der Waals surface area contributed by atoms with Crippen LogP contribution in [0.5, 0.6) is 0 Å². The summed E-state index contributed by atoms with van der Waals surface area (Å²) in [5, 5.41) is 7.51. The number of hydrogen-bond donors (Lipinski definition) is 1. The van der Waals surface area contributed by atoms with Gasteiger partial charge in [-0.2, -0.15) is 5.10 Å². The topological polar surface area (TPSA) is 69.0 Å². The van der Waals surface area contributed by atoms with Crippen LogP contribution in [0.4, 0.5) is 4.79 Å². The average Bonchev–Trinajstić information content (AvgIpc) is 2.85. The standard InChI is InChI=1S/C19H28N4O2/c1-14-12-16(15-8-7-10-20-13-15)23(22-14)11-9-19(5,6)21-17(24)25-18(2,3)4/h7-8,10,12-13H,9,11H2,1-6H3,(H,21,24). The van der Waals surface area contributed by atoms with Gasteiger partial charge in [0.05, 0.1) is 11.4 Å². The second-order valence-corrected chi connectivity index (χ2v) is 7.90. The molecule has 1 amide bonds. The van der Waals surface area contributed by atoms with Crippen LogP contribution in [0.25, 0.3) is 11.3 Å². The second kappa shape index (κ2) is 7.25. The number of carbonyl (C=O) groups excluding carboxylic acids is 1. The molecular weight excluding hydrogens is 316 g/mol. The lowest BCUT2D eigenvalue weighted by molar-refractivity contribution is 0.0465. The molecule has 0 radical (unpaired) electrons. The predicted octanol–water partition coefficient (Wildman–Crippen LogP) is 3.95. The van der Waals surface area contributed by atoms with Crippen molar-refractivity contribution < 1.29 is 9.53 Å². The van der Waals surface area contributed by atoms with E-state index in [2.05, 4.69) is 15.4 Å². The molecule has 1 N–H and O–H groups in total. The molecule has 0 spiro atoms. The van der Waals surface area contributed by atoms with Crippen LogP contribution < -0.4 is 5.32 Å². The van der Waals surface area contributed by atoms with E-state index in [1.807, 2.05) is 70.6 Å².